The average molecular weight is 266 g/mol. The molecular formula is C6H9BNS5. The van der Waals surface area contributed by atoms with Crippen LogP contribution in [-0.4, -0.2) is 38.6 Å². The SMILES string of the molecule is N=C1SCC([B]SSCC2CS2)S1. The molecule has 2 heterocycles. The van der Waals surface area contributed by atoms with Gasteiger partial charge in [0.2, 0.25) is 6.56 Å². The zero-order valence-electron chi connectivity index (χ0n) is 6.89. The summed E-state index contributed by atoms with van der Waals surface area (Å²) in [6.07, 6.45) is 0. The van der Waals surface area contributed by atoms with E-state index < -0.39 is 0 Å². The fourth-order valence-corrected chi connectivity index (χ4v) is 6.81. The van der Waals surface area contributed by atoms with Crippen molar-refractivity contribution >= 4 is 67.7 Å². The van der Waals surface area contributed by atoms with Crippen LogP contribution in [0.25, 0.3) is 0 Å². The van der Waals surface area contributed by atoms with Crippen LogP contribution in [0.3, 0.4) is 0 Å². The molecule has 0 spiro atoms. The van der Waals surface area contributed by atoms with Gasteiger partial charge in [-0.05, 0) is 0 Å². The molecule has 2 aliphatic rings. The van der Waals surface area contributed by atoms with Gasteiger partial charge in [-0.2, -0.15) is 22.4 Å². The molecule has 1 nitrogen and oxygen atoms in total. The standard InChI is InChI=1S/C6H9BNS5/c8-6-10-3-5(12-6)7-13-11-2-4-1-9-4/h4-5,8H,1-3H2. The number of rotatable bonds is 5. The van der Waals surface area contributed by atoms with Gasteiger partial charge in [0.05, 0.1) is 0 Å². The van der Waals surface area contributed by atoms with E-state index in [9.17, 15) is 0 Å². The first-order chi connectivity index (χ1) is 6.34. The zero-order valence-corrected chi connectivity index (χ0v) is 11.0. The van der Waals surface area contributed by atoms with Crippen molar-refractivity contribution in [1.29, 1.82) is 5.41 Å². The Morgan fingerprint density at radius 3 is 3.00 bits per heavy atom. The highest BCUT2D eigenvalue weighted by atomic mass is 33.1. The number of nitrogens with one attached hydrogen (secondary N) is 1. The number of hydrogen-bond acceptors (Lipinski definition) is 6. The molecule has 1 N–H and O–H groups in total. The minimum absolute atomic E-state index is 0.571. The third-order valence-electron chi connectivity index (χ3n) is 1.57. The zero-order chi connectivity index (χ0) is 9.10. The Labute approximate surface area is 100 Å². The Balaban J connectivity index is 1.49. The first kappa shape index (κ1) is 11.0. The second-order valence-corrected chi connectivity index (χ2v) is 8.92. The molecule has 2 rings (SSSR count). The molecule has 0 bridgehead atoms. The van der Waals surface area contributed by atoms with Crippen molar-refractivity contribution in [1.82, 2.24) is 0 Å². The Morgan fingerprint density at radius 2 is 2.38 bits per heavy atom. The van der Waals surface area contributed by atoms with Crippen LogP contribution in [0.15, 0.2) is 0 Å². The van der Waals surface area contributed by atoms with Gasteiger partial charge in [-0.15, -0.1) is 22.6 Å². The predicted octanol–water partition coefficient (Wildman–Crippen LogP) is 2.84. The quantitative estimate of drug-likeness (QED) is 0.357. The van der Waals surface area contributed by atoms with Gasteiger partial charge in [0.15, 0.2) is 0 Å². The van der Waals surface area contributed by atoms with Crippen LogP contribution < -0.4 is 0 Å². The van der Waals surface area contributed by atoms with E-state index in [1.54, 1.807) is 23.5 Å². The van der Waals surface area contributed by atoms with Crippen molar-refractivity contribution in [2.45, 2.75) is 10.4 Å². The molecule has 1 radical (unpaired) electrons. The summed E-state index contributed by atoms with van der Waals surface area (Å²) >= 11 is 5.42. The Kier molecular flexibility index (Phi) is 4.68. The molecule has 7 heteroatoms. The summed E-state index contributed by atoms with van der Waals surface area (Å²) in [5.74, 6) is 3.75. The smallest absolute Gasteiger partial charge is 0.223 e. The minimum Gasteiger partial charge on any atom is -0.288 e. The molecule has 2 atom stereocenters. The fourth-order valence-electron chi connectivity index (χ4n) is 0.811. The van der Waals surface area contributed by atoms with Gasteiger partial charge in [0, 0.05) is 27.7 Å². The maximum absolute atomic E-state index is 7.42. The summed E-state index contributed by atoms with van der Waals surface area (Å²) in [7, 11) is 3.83. The van der Waals surface area contributed by atoms with E-state index in [1.165, 1.54) is 11.5 Å². The van der Waals surface area contributed by atoms with E-state index in [-0.39, 0.29) is 0 Å². The molecule has 13 heavy (non-hydrogen) atoms. The lowest BCUT2D eigenvalue weighted by Crippen LogP contribution is -2.07. The van der Waals surface area contributed by atoms with Crippen LogP contribution in [0.4, 0.5) is 0 Å². The third kappa shape index (κ3) is 4.24. The Morgan fingerprint density at radius 1 is 1.54 bits per heavy atom. The van der Waals surface area contributed by atoms with Crippen LogP contribution in [0.2, 0.25) is 0 Å². The summed E-state index contributed by atoms with van der Waals surface area (Å²) in [6.45, 7) is 2.29. The van der Waals surface area contributed by atoms with Crippen LogP contribution in [0.1, 0.15) is 0 Å². The maximum Gasteiger partial charge on any atom is 0.223 e. The van der Waals surface area contributed by atoms with Gasteiger partial charge in [-0.1, -0.05) is 11.8 Å². The normalized spacial score (nSPS) is 32.2. The average Bonchev–Trinajstić information content (AvgIpc) is 2.84. The van der Waals surface area contributed by atoms with Crippen molar-refractivity contribution in [3.05, 3.63) is 0 Å². The largest absolute Gasteiger partial charge is 0.288 e. The van der Waals surface area contributed by atoms with Crippen molar-refractivity contribution in [3.63, 3.8) is 0 Å². The molecule has 0 aromatic carbocycles. The topological polar surface area (TPSA) is 23.9 Å². The first-order valence-electron chi connectivity index (χ1n) is 3.96. The molecular weight excluding hydrogens is 257 g/mol. The second-order valence-electron chi connectivity index (χ2n) is 2.73. The molecule has 0 aliphatic carbocycles. The summed E-state index contributed by atoms with van der Waals surface area (Å²) < 4.78 is 0.782. The van der Waals surface area contributed by atoms with E-state index in [2.05, 4.69) is 18.3 Å². The maximum atomic E-state index is 7.42. The van der Waals surface area contributed by atoms with Crippen molar-refractivity contribution < 1.29 is 0 Å². The van der Waals surface area contributed by atoms with E-state index in [0.717, 1.165) is 15.4 Å². The molecule has 2 saturated heterocycles. The lowest BCUT2D eigenvalue weighted by molar-refractivity contribution is 1.28. The molecule has 2 fully saturated rings. The lowest BCUT2D eigenvalue weighted by Gasteiger charge is -2.02. The number of thioether (sulfide) groups is 3. The predicted molar refractivity (Wildman–Crippen MR) is 73.6 cm³/mol. The van der Waals surface area contributed by atoms with Crippen molar-refractivity contribution in [2.24, 2.45) is 0 Å². The molecule has 2 unspecified atom stereocenters. The van der Waals surface area contributed by atoms with Gasteiger partial charge in [0.25, 0.3) is 0 Å². The summed E-state index contributed by atoms with van der Waals surface area (Å²) in [5.41, 5.74) is 0. The summed E-state index contributed by atoms with van der Waals surface area (Å²) in [4.78, 5) is 0. The van der Waals surface area contributed by atoms with Gasteiger partial charge >= 0.3 is 0 Å². The van der Waals surface area contributed by atoms with E-state index in [1.807, 2.05) is 21.4 Å². The minimum atomic E-state index is 0.571. The van der Waals surface area contributed by atoms with Gasteiger partial charge in [-0.25, -0.2) is 0 Å². The summed E-state index contributed by atoms with van der Waals surface area (Å²) in [5, 5.41) is 8.93. The highest BCUT2D eigenvalue weighted by Crippen LogP contribution is 2.38. The highest BCUT2D eigenvalue weighted by Gasteiger charge is 2.24. The first-order valence-corrected chi connectivity index (χ1v) is 9.25. The van der Waals surface area contributed by atoms with E-state index in [0.29, 0.717) is 5.15 Å². The highest BCUT2D eigenvalue weighted by molar-refractivity contribution is 8.85. The lowest BCUT2D eigenvalue weighted by atomic mass is 10.0. The van der Waals surface area contributed by atoms with Crippen molar-refractivity contribution in [3.8, 4) is 0 Å². The third-order valence-corrected chi connectivity index (χ3v) is 7.65. The molecule has 0 aromatic heterocycles. The Hall–Kier alpha value is 1.48. The molecule has 0 amide bonds. The van der Waals surface area contributed by atoms with Crippen LogP contribution in [-0.2, 0) is 0 Å². The fraction of sp³-hybridized carbons (Fsp3) is 0.833. The van der Waals surface area contributed by atoms with Gasteiger partial charge in [-0.3, -0.25) is 5.41 Å². The molecule has 2 aliphatic heterocycles. The molecule has 0 aromatic rings. The van der Waals surface area contributed by atoms with Crippen molar-refractivity contribution in [2.75, 3.05) is 17.3 Å². The van der Waals surface area contributed by atoms with E-state index >= 15 is 0 Å². The van der Waals surface area contributed by atoms with Crippen LogP contribution in [0, 0.1) is 5.41 Å². The van der Waals surface area contributed by atoms with Crippen LogP contribution in [0.5, 0.6) is 0 Å². The molecule has 0 saturated carbocycles. The second kappa shape index (κ2) is 5.54. The van der Waals surface area contributed by atoms with Gasteiger partial charge < -0.3 is 0 Å². The monoisotopic (exact) mass is 266 g/mol. The Bertz CT molecular complexity index is 197. The van der Waals surface area contributed by atoms with Gasteiger partial charge in [0.1, 0.15) is 4.38 Å². The van der Waals surface area contributed by atoms with Crippen LogP contribution >= 0.6 is 56.7 Å². The van der Waals surface area contributed by atoms with E-state index in [4.69, 9.17) is 5.41 Å². The molecule has 71 valence electrons. The summed E-state index contributed by atoms with van der Waals surface area (Å²) in [6, 6.07) is 0. The number of hydrogen-bond donors (Lipinski definition) is 1.